The Bertz CT molecular complexity index is 181. The average Bonchev–Trinajstić information content (AvgIpc) is 1.87. The third-order valence-electron chi connectivity index (χ3n) is 0.807. The van der Waals surface area contributed by atoms with Crippen molar-refractivity contribution in [2.45, 2.75) is 12.5 Å². The number of rotatable bonds is 3. The molecule has 0 saturated heterocycles. The van der Waals surface area contributed by atoms with Gasteiger partial charge in [0.25, 0.3) is 0 Å². The minimum Gasteiger partial charge on any atom is -0.378 e. The Morgan fingerprint density at radius 3 is 2.90 bits per heavy atom. The molecule has 0 aliphatic heterocycles. The number of hydrogen-bond acceptors (Lipinski definition) is 2. The fraction of sp³-hybridized carbons (Fsp3) is 0.286. The van der Waals surface area contributed by atoms with E-state index < -0.39 is 11.9 Å². The first-order valence-corrected chi connectivity index (χ1v) is 2.75. The molecule has 0 saturated carbocycles. The van der Waals surface area contributed by atoms with Crippen LogP contribution in [0.4, 0.5) is 4.39 Å². The molecule has 1 N–H and O–H groups in total. The topological polar surface area (TPSA) is 44.0 Å². The minimum absolute atomic E-state index is 0.138. The van der Waals surface area contributed by atoms with Crippen molar-refractivity contribution in [1.82, 2.24) is 0 Å². The quantitative estimate of drug-likeness (QED) is 0.475. The Morgan fingerprint density at radius 1 is 1.90 bits per heavy atom. The van der Waals surface area contributed by atoms with E-state index in [2.05, 4.69) is 6.58 Å². The van der Waals surface area contributed by atoms with Gasteiger partial charge in [-0.25, -0.2) is 4.39 Å². The molecular formula is C7H8FNO. The SMILES string of the molecule is C=C(F)/C=C\CC(O)C#N. The fourth-order valence-electron chi connectivity index (χ4n) is 0.378. The van der Waals surface area contributed by atoms with Crippen LogP contribution in [0.2, 0.25) is 0 Å². The van der Waals surface area contributed by atoms with Gasteiger partial charge in [-0.3, -0.25) is 0 Å². The highest BCUT2D eigenvalue weighted by atomic mass is 19.1. The number of nitriles is 1. The molecule has 0 aliphatic carbocycles. The molecule has 3 heteroatoms. The molecule has 0 bridgehead atoms. The Hall–Kier alpha value is -1.14. The van der Waals surface area contributed by atoms with Gasteiger partial charge in [-0.05, 0) is 6.08 Å². The van der Waals surface area contributed by atoms with E-state index in [1.165, 1.54) is 6.08 Å². The Labute approximate surface area is 58.9 Å². The van der Waals surface area contributed by atoms with Crippen LogP contribution >= 0.6 is 0 Å². The van der Waals surface area contributed by atoms with Crippen LogP contribution in [0.3, 0.4) is 0 Å². The molecule has 0 heterocycles. The van der Waals surface area contributed by atoms with Crippen molar-refractivity contribution < 1.29 is 9.50 Å². The fourth-order valence-corrected chi connectivity index (χ4v) is 0.378. The second-order valence-corrected chi connectivity index (χ2v) is 1.73. The molecule has 54 valence electrons. The number of halogens is 1. The number of aliphatic hydroxyl groups excluding tert-OH is 1. The van der Waals surface area contributed by atoms with Gasteiger partial charge in [0.15, 0.2) is 0 Å². The third kappa shape index (κ3) is 5.01. The van der Waals surface area contributed by atoms with E-state index in [-0.39, 0.29) is 6.42 Å². The molecule has 1 unspecified atom stereocenters. The van der Waals surface area contributed by atoms with Gasteiger partial charge in [-0.15, -0.1) is 0 Å². The maximum atomic E-state index is 11.8. The van der Waals surface area contributed by atoms with Crippen LogP contribution in [-0.2, 0) is 0 Å². The van der Waals surface area contributed by atoms with Crippen molar-refractivity contribution in [3.63, 3.8) is 0 Å². The number of nitrogens with zero attached hydrogens (tertiary/aromatic N) is 1. The van der Waals surface area contributed by atoms with Gasteiger partial charge in [0, 0.05) is 6.42 Å². The largest absolute Gasteiger partial charge is 0.378 e. The molecule has 2 nitrogen and oxygen atoms in total. The molecule has 0 aromatic rings. The first kappa shape index (κ1) is 8.86. The summed E-state index contributed by atoms with van der Waals surface area (Å²) in [4.78, 5) is 0. The van der Waals surface area contributed by atoms with Crippen LogP contribution in [0.25, 0.3) is 0 Å². The minimum atomic E-state index is -1.05. The molecule has 0 aromatic heterocycles. The van der Waals surface area contributed by atoms with E-state index in [4.69, 9.17) is 10.4 Å². The highest BCUT2D eigenvalue weighted by Crippen LogP contribution is 1.96. The van der Waals surface area contributed by atoms with Crippen LogP contribution in [0.15, 0.2) is 24.6 Å². The molecule has 1 atom stereocenters. The molecule has 0 amide bonds. The Morgan fingerprint density at radius 2 is 2.50 bits per heavy atom. The number of aliphatic hydroxyl groups is 1. The zero-order chi connectivity index (χ0) is 7.98. The summed E-state index contributed by atoms with van der Waals surface area (Å²) in [5, 5.41) is 16.7. The van der Waals surface area contributed by atoms with Crippen molar-refractivity contribution in [3.05, 3.63) is 24.6 Å². The predicted octanol–water partition coefficient (Wildman–Crippen LogP) is 1.30. The van der Waals surface area contributed by atoms with Crippen molar-refractivity contribution in [2.75, 3.05) is 0 Å². The summed E-state index contributed by atoms with van der Waals surface area (Å²) in [5.41, 5.74) is 0. The molecule has 10 heavy (non-hydrogen) atoms. The maximum Gasteiger partial charge on any atom is 0.143 e. The van der Waals surface area contributed by atoms with Gasteiger partial charge in [0.2, 0.25) is 0 Å². The summed E-state index contributed by atoms with van der Waals surface area (Å²) < 4.78 is 11.8. The summed E-state index contributed by atoms with van der Waals surface area (Å²) in [6.45, 7) is 2.96. The molecule has 0 rings (SSSR count). The molecule has 0 fully saturated rings. The smallest absolute Gasteiger partial charge is 0.143 e. The van der Waals surface area contributed by atoms with Gasteiger partial charge < -0.3 is 5.11 Å². The number of allylic oxidation sites excluding steroid dienone is 2. The lowest BCUT2D eigenvalue weighted by atomic mass is 10.2. The summed E-state index contributed by atoms with van der Waals surface area (Å²) in [6, 6.07) is 1.59. The summed E-state index contributed by atoms with van der Waals surface area (Å²) in [7, 11) is 0. The van der Waals surface area contributed by atoms with E-state index in [9.17, 15) is 4.39 Å². The van der Waals surface area contributed by atoms with Crippen molar-refractivity contribution >= 4 is 0 Å². The summed E-state index contributed by atoms with van der Waals surface area (Å²) in [6.07, 6.45) is 1.56. The number of hydrogen-bond donors (Lipinski definition) is 1. The highest BCUT2D eigenvalue weighted by molar-refractivity contribution is 5.07. The van der Waals surface area contributed by atoms with Crippen molar-refractivity contribution in [3.8, 4) is 6.07 Å². The van der Waals surface area contributed by atoms with Gasteiger partial charge >= 0.3 is 0 Å². The highest BCUT2D eigenvalue weighted by Gasteiger charge is 1.94. The first-order valence-electron chi connectivity index (χ1n) is 2.75. The van der Waals surface area contributed by atoms with Crippen LogP contribution in [0.1, 0.15) is 6.42 Å². The maximum absolute atomic E-state index is 11.8. The zero-order valence-corrected chi connectivity index (χ0v) is 5.42. The lowest BCUT2D eigenvalue weighted by molar-refractivity contribution is 0.234. The van der Waals surface area contributed by atoms with E-state index in [0.29, 0.717) is 0 Å². The normalized spacial score (nSPS) is 12.9. The standard InChI is InChI=1S/C7H8FNO/c1-6(8)3-2-4-7(10)5-9/h2-3,7,10H,1,4H2/b3-2-. The Kier molecular flexibility index (Phi) is 4.17. The molecule has 0 aromatic carbocycles. The molecule has 0 radical (unpaired) electrons. The van der Waals surface area contributed by atoms with E-state index >= 15 is 0 Å². The van der Waals surface area contributed by atoms with Gasteiger partial charge in [-0.1, -0.05) is 12.7 Å². The molecular weight excluding hydrogens is 133 g/mol. The first-order chi connectivity index (χ1) is 4.66. The zero-order valence-electron chi connectivity index (χ0n) is 5.42. The van der Waals surface area contributed by atoms with Crippen molar-refractivity contribution in [2.24, 2.45) is 0 Å². The van der Waals surface area contributed by atoms with Crippen LogP contribution in [0.5, 0.6) is 0 Å². The summed E-state index contributed by atoms with van der Waals surface area (Å²) in [5.74, 6) is -0.579. The van der Waals surface area contributed by atoms with Crippen LogP contribution in [-0.4, -0.2) is 11.2 Å². The molecule has 0 spiro atoms. The Balaban J connectivity index is 3.56. The monoisotopic (exact) mass is 141 g/mol. The van der Waals surface area contributed by atoms with Crippen molar-refractivity contribution in [1.29, 1.82) is 5.26 Å². The third-order valence-corrected chi connectivity index (χ3v) is 0.807. The van der Waals surface area contributed by atoms with Crippen LogP contribution in [0, 0.1) is 11.3 Å². The molecule has 0 aliphatic rings. The van der Waals surface area contributed by atoms with Crippen LogP contribution < -0.4 is 0 Å². The van der Waals surface area contributed by atoms with Gasteiger partial charge in [0.1, 0.15) is 11.9 Å². The predicted molar refractivity (Wildman–Crippen MR) is 35.6 cm³/mol. The van der Waals surface area contributed by atoms with E-state index in [0.717, 1.165) is 6.08 Å². The average molecular weight is 141 g/mol. The van der Waals surface area contributed by atoms with Gasteiger partial charge in [0.05, 0.1) is 6.07 Å². The van der Waals surface area contributed by atoms with Gasteiger partial charge in [-0.2, -0.15) is 5.26 Å². The van der Waals surface area contributed by atoms with E-state index in [1.807, 2.05) is 0 Å². The lowest BCUT2D eigenvalue weighted by Crippen LogP contribution is -1.98. The van der Waals surface area contributed by atoms with E-state index in [1.54, 1.807) is 6.07 Å². The lowest BCUT2D eigenvalue weighted by Gasteiger charge is -1.91. The second kappa shape index (κ2) is 4.71. The second-order valence-electron chi connectivity index (χ2n) is 1.73. The summed E-state index contributed by atoms with van der Waals surface area (Å²) >= 11 is 0.